The van der Waals surface area contributed by atoms with E-state index < -0.39 is 0 Å². The van der Waals surface area contributed by atoms with Gasteiger partial charge in [0.25, 0.3) is 0 Å². The lowest BCUT2D eigenvalue weighted by atomic mass is 10.0. The van der Waals surface area contributed by atoms with E-state index in [0.717, 1.165) is 41.9 Å². The highest BCUT2D eigenvalue weighted by atomic mass is 16.5. The van der Waals surface area contributed by atoms with Crippen LogP contribution in [0.3, 0.4) is 0 Å². The number of ether oxygens (including phenoxy) is 1. The van der Waals surface area contributed by atoms with Gasteiger partial charge in [-0.2, -0.15) is 0 Å². The lowest BCUT2D eigenvalue weighted by Crippen LogP contribution is -2.07. The van der Waals surface area contributed by atoms with Gasteiger partial charge in [0.15, 0.2) is 0 Å². The second kappa shape index (κ2) is 5.65. The topological polar surface area (TPSA) is 29.5 Å². The fraction of sp³-hybridized carbons (Fsp3) is 0.263. The molecule has 0 unspecified atom stereocenters. The van der Waals surface area contributed by atoms with Crippen LogP contribution >= 0.6 is 0 Å². The van der Waals surface area contributed by atoms with Crippen molar-refractivity contribution in [1.82, 2.24) is 0 Å². The zero-order valence-electron chi connectivity index (χ0n) is 12.5. The van der Waals surface area contributed by atoms with Crippen LogP contribution in [0.1, 0.15) is 34.2 Å². The minimum atomic E-state index is 0.387. The zero-order chi connectivity index (χ0) is 14.8. The number of benzene rings is 2. The van der Waals surface area contributed by atoms with E-state index in [4.69, 9.17) is 4.74 Å². The highest BCUT2D eigenvalue weighted by Gasteiger charge is 2.09. The molecule has 0 aromatic heterocycles. The van der Waals surface area contributed by atoms with E-state index in [1.165, 1.54) is 11.1 Å². The Morgan fingerprint density at radius 2 is 1.71 bits per heavy atom. The number of hydrogen-bond acceptors (Lipinski definition) is 2. The molecule has 2 nitrogen and oxygen atoms in total. The molecule has 0 saturated carbocycles. The quantitative estimate of drug-likeness (QED) is 0.820. The van der Waals surface area contributed by atoms with E-state index in [2.05, 4.69) is 30.4 Å². The molecule has 0 fully saturated rings. The molecule has 2 heteroatoms. The molecule has 0 bridgehead atoms. The molecule has 108 valence electrons. The third kappa shape index (κ3) is 2.94. The molecule has 1 N–H and O–H groups in total. The second-order valence-electron chi connectivity index (χ2n) is 5.66. The predicted molar refractivity (Wildman–Crippen MR) is 86.8 cm³/mol. The van der Waals surface area contributed by atoms with Crippen molar-refractivity contribution in [3.8, 4) is 11.5 Å². The van der Waals surface area contributed by atoms with Crippen molar-refractivity contribution in [3.63, 3.8) is 0 Å². The van der Waals surface area contributed by atoms with Crippen LogP contribution in [0, 0.1) is 13.8 Å². The molecule has 0 aliphatic carbocycles. The summed E-state index contributed by atoms with van der Waals surface area (Å²) in [7, 11) is 0. The average Bonchev–Trinajstić information content (AvgIpc) is 2.50. The maximum atomic E-state index is 9.81. The summed E-state index contributed by atoms with van der Waals surface area (Å²) in [5.74, 6) is 1.41. The van der Waals surface area contributed by atoms with Crippen molar-refractivity contribution in [2.45, 2.75) is 26.7 Å². The minimum absolute atomic E-state index is 0.387. The molecule has 0 radical (unpaired) electrons. The van der Waals surface area contributed by atoms with Crippen molar-refractivity contribution in [3.05, 3.63) is 58.1 Å². The van der Waals surface area contributed by atoms with Gasteiger partial charge in [0.05, 0.1) is 6.61 Å². The molecule has 1 aliphatic rings. The van der Waals surface area contributed by atoms with Crippen molar-refractivity contribution < 1.29 is 9.84 Å². The molecule has 0 atom stereocenters. The van der Waals surface area contributed by atoms with Crippen LogP contribution < -0.4 is 4.74 Å². The first-order chi connectivity index (χ1) is 10.1. The lowest BCUT2D eigenvalue weighted by Gasteiger charge is -2.17. The summed E-state index contributed by atoms with van der Waals surface area (Å²) in [4.78, 5) is 0. The van der Waals surface area contributed by atoms with Gasteiger partial charge in [0.1, 0.15) is 11.5 Å². The summed E-state index contributed by atoms with van der Waals surface area (Å²) in [6.45, 7) is 4.68. The molecule has 3 rings (SSSR count). The molecule has 0 amide bonds. The van der Waals surface area contributed by atoms with E-state index in [-0.39, 0.29) is 0 Å². The van der Waals surface area contributed by atoms with E-state index in [9.17, 15) is 5.11 Å². The number of fused-ring (bicyclic) bond motifs is 1. The van der Waals surface area contributed by atoms with E-state index in [0.29, 0.717) is 5.75 Å². The van der Waals surface area contributed by atoms with Gasteiger partial charge < -0.3 is 9.84 Å². The third-order valence-electron chi connectivity index (χ3n) is 3.91. The fourth-order valence-corrected chi connectivity index (χ4v) is 2.76. The summed E-state index contributed by atoms with van der Waals surface area (Å²) in [5, 5.41) is 9.81. The fourth-order valence-electron chi connectivity index (χ4n) is 2.76. The maximum Gasteiger partial charge on any atom is 0.122 e. The number of aryl methyl sites for hydroxylation is 3. The van der Waals surface area contributed by atoms with E-state index in [1.807, 2.05) is 26.0 Å². The standard InChI is InChI=1S/C19H20O2/c1-13-10-16(11-14(2)19(13)20)6-5-15-7-8-18-17(12-15)4-3-9-21-18/h5-8,10-12,20H,3-4,9H2,1-2H3/b6-5+. The first-order valence-electron chi connectivity index (χ1n) is 7.37. The molecule has 1 heterocycles. The van der Waals surface area contributed by atoms with Crippen molar-refractivity contribution in [2.75, 3.05) is 6.61 Å². The Morgan fingerprint density at radius 1 is 1.00 bits per heavy atom. The monoisotopic (exact) mass is 280 g/mol. The Bertz CT molecular complexity index is 676. The number of phenols is 1. The highest BCUT2D eigenvalue weighted by Crippen LogP contribution is 2.27. The van der Waals surface area contributed by atoms with E-state index >= 15 is 0 Å². The van der Waals surface area contributed by atoms with Crippen molar-refractivity contribution in [2.24, 2.45) is 0 Å². The summed E-state index contributed by atoms with van der Waals surface area (Å²) in [6.07, 6.45) is 6.38. The lowest BCUT2D eigenvalue weighted by molar-refractivity contribution is 0.288. The third-order valence-corrected chi connectivity index (χ3v) is 3.91. The van der Waals surface area contributed by atoms with Crippen LogP contribution in [0.2, 0.25) is 0 Å². The van der Waals surface area contributed by atoms with Gasteiger partial charge in [-0.15, -0.1) is 0 Å². The summed E-state index contributed by atoms with van der Waals surface area (Å²) < 4.78 is 5.63. The smallest absolute Gasteiger partial charge is 0.122 e. The van der Waals surface area contributed by atoms with Gasteiger partial charge in [0.2, 0.25) is 0 Å². The van der Waals surface area contributed by atoms with Gasteiger partial charge in [-0.05, 0) is 78.8 Å². The molecule has 21 heavy (non-hydrogen) atoms. The molecule has 0 saturated heterocycles. The first kappa shape index (κ1) is 13.7. The van der Waals surface area contributed by atoms with Crippen LogP contribution in [-0.4, -0.2) is 11.7 Å². The normalized spacial score (nSPS) is 14.0. The number of rotatable bonds is 2. The maximum absolute atomic E-state index is 9.81. The van der Waals surface area contributed by atoms with E-state index in [1.54, 1.807) is 0 Å². The Hall–Kier alpha value is -2.22. The summed E-state index contributed by atoms with van der Waals surface area (Å²) >= 11 is 0. The number of phenolic OH excluding ortho intramolecular Hbond substituents is 1. The zero-order valence-corrected chi connectivity index (χ0v) is 12.5. The largest absolute Gasteiger partial charge is 0.507 e. The summed E-state index contributed by atoms with van der Waals surface area (Å²) in [5.41, 5.74) is 5.41. The van der Waals surface area contributed by atoms with Crippen molar-refractivity contribution in [1.29, 1.82) is 0 Å². The Morgan fingerprint density at radius 3 is 2.48 bits per heavy atom. The Labute approximate surface area is 125 Å². The van der Waals surface area contributed by atoms with Crippen molar-refractivity contribution >= 4 is 12.2 Å². The molecular formula is C19H20O2. The SMILES string of the molecule is Cc1cc(/C=C/c2ccc3c(c2)CCCO3)cc(C)c1O. The van der Waals surface area contributed by atoms with Gasteiger partial charge in [-0.3, -0.25) is 0 Å². The van der Waals surface area contributed by atoms with Crippen LogP contribution in [0.4, 0.5) is 0 Å². The van der Waals surface area contributed by atoms with Gasteiger partial charge >= 0.3 is 0 Å². The van der Waals surface area contributed by atoms with Gasteiger partial charge in [-0.1, -0.05) is 18.2 Å². The molecule has 0 spiro atoms. The Kier molecular flexibility index (Phi) is 3.70. The molecule has 2 aromatic rings. The number of hydrogen-bond donors (Lipinski definition) is 1. The van der Waals surface area contributed by atoms with Crippen LogP contribution in [0.5, 0.6) is 11.5 Å². The minimum Gasteiger partial charge on any atom is -0.507 e. The second-order valence-corrected chi connectivity index (χ2v) is 5.66. The summed E-state index contributed by atoms with van der Waals surface area (Å²) in [6, 6.07) is 10.3. The molecule has 1 aliphatic heterocycles. The highest BCUT2D eigenvalue weighted by molar-refractivity contribution is 5.71. The average molecular weight is 280 g/mol. The first-order valence-corrected chi connectivity index (χ1v) is 7.37. The van der Waals surface area contributed by atoms with Crippen LogP contribution in [-0.2, 0) is 6.42 Å². The van der Waals surface area contributed by atoms with Crippen LogP contribution in [0.15, 0.2) is 30.3 Å². The molecule has 2 aromatic carbocycles. The predicted octanol–water partition coefficient (Wildman–Crippen LogP) is 4.50. The van der Waals surface area contributed by atoms with Gasteiger partial charge in [-0.25, -0.2) is 0 Å². The van der Waals surface area contributed by atoms with Crippen LogP contribution in [0.25, 0.3) is 12.2 Å². The number of aromatic hydroxyl groups is 1. The Balaban J connectivity index is 1.86. The van der Waals surface area contributed by atoms with Gasteiger partial charge in [0, 0.05) is 0 Å². The molecular weight excluding hydrogens is 260 g/mol.